The summed E-state index contributed by atoms with van der Waals surface area (Å²) in [6.45, 7) is 8.10. The Morgan fingerprint density at radius 3 is 1.75 bits per heavy atom. The van der Waals surface area contributed by atoms with Gasteiger partial charge in [0.1, 0.15) is 0 Å². The third-order valence-corrected chi connectivity index (χ3v) is 9.98. The van der Waals surface area contributed by atoms with Crippen LogP contribution < -0.4 is 21.5 Å². The molecular weight excluding hydrogens is 837 g/mol. The van der Waals surface area contributed by atoms with Crippen LogP contribution in [0.1, 0.15) is 67.7 Å². The lowest BCUT2D eigenvalue weighted by Crippen LogP contribution is -2.23. The summed E-state index contributed by atoms with van der Waals surface area (Å²) in [6.07, 6.45) is 0. The summed E-state index contributed by atoms with van der Waals surface area (Å²) in [5, 5.41) is 68.1. The van der Waals surface area contributed by atoms with Gasteiger partial charge in [-0.05, 0) is 60.2 Å². The minimum atomic E-state index is -1.63. The number of aromatic hydroxyl groups is 1. The van der Waals surface area contributed by atoms with E-state index in [1.807, 2.05) is 0 Å². The van der Waals surface area contributed by atoms with Crippen molar-refractivity contribution < 1.29 is 59.4 Å². The normalized spacial score (nSPS) is 11.3. The molecule has 314 valence electrons. The molecule has 2 heterocycles. The molecule has 21 nitrogen and oxygen atoms in total. The van der Waals surface area contributed by atoms with Gasteiger partial charge in [-0.15, -0.1) is 0 Å². The first-order valence-electron chi connectivity index (χ1n) is 18.2. The molecule has 0 amide bonds. The second-order valence-corrected chi connectivity index (χ2v) is 13.6. The number of carboxylic acids is 5. The number of carbonyl (C=O) groups excluding carboxylic acids is 1. The van der Waals surface area contributed by atoms with E-state index in [9.17, 15) is 64.2 Å². The van der Waals surface area contributed by atoms with E-state index >= 15 is 0 Å². The van der Waals surface area contributed by atoms with Crippen LogP contribution in [0.2, 0.25) is 0 Å². The quantitative estimate of drug-likeness (QED) is 0.0603. The molecule has 8 rings (SSSR count). The summed E-state index contributed by atoms with van der Waals surface area (Å²) >= 11 is 0. The molecule has 0 saturated carbocycles. The van der Waals surface area contributed by atoms with E-state index in [1.165, 1.54) is 48.5 Å². The molecule has 0 fully saturated rings. The van der Waals surface area contributed by atoms with E-state index in [0.717, 1.165) is 34.9 Å². The number of nitrogens with one attached hydrogen (secondary N) is 3. The van der Waals surface area contributed by atoms with Crippen molar-refractivity contribution in [3.63, 3.8) is 0 Å². The molecule has 2 aromatic heterocycles. The van der Waals surface area contributed by atoms with E-state index in [4.69, 9.17) is 6.57 Å². The number of carbonyl (C=O) groups is 6. The van der Waals surface area contributed by atoms with E-state index in [1.54, 1.807) is 12.1 Å². The van der Waals surface area contributed by atoms with Crippen LogP contribution >= 0.6 is 0 Å². The highest BCUT2D eigenvalue weighted by atomic mass is 16.4. The number of anilines is 6. The molecular formula is C43H24N8O13. The number of pyridine rings is 1. The zero-order valence-corrected chi connectivity index (χ0v) is 31.9. The van der Waals surface area contributed by atoms with Gasteiger partial charge in [0, 0.05) is 22.2 Å². The van der Waals surface area contributed by atoms with Crippen molar-refractivity contribution in [1.29, 1.82) is 0 Å². The van der Waals surface area contributed by atoms with Crippen molar-refractivity contribution in [2.75, 3.05) is 16.0 Å². The summed E-state index contributed by atoms with van der Waals surface area (Å²) in [5.41, 5.74) is -4.94. The maximum atomic E-state index is 14.6. The smallest absolute Gasteiger partial charge is 0.337 e. The van der Waals surface area contributed by atoms with Crippen molar-refractivity contribution in [2.24, 2.45) is 0 Å². The van der Waals surface area contributed by atoms with Gasteiger partial charge in [0.05, 0.1) is 68.2 Å². The first-order valence-corrected chi connectivity index (χ1v) is 18.2. The zero-order valence-electron chi connectivity index (χ0n) is 31.9. The van der Waals surface area contributed by atoms with Crippen LogP contribution in [0.4, 0.5) is 40.3 Å². The molecule has 0 atom stereocenters. The molecule has 1 aliphatic rings. The van der Waals surface area contributed by atoms with Crippen LogP contribution in [0, 0.1) is 6.57 Å². The number of carboxylic acid groups (broad SMARTS) is 5. The average Bonchev–Trinajstić information content (AvgIpc) is 3.25. The highest BCUT2D eigenvalue weighted by Gasteiger charge is 2.34. The van der Waals surface area contributed by atoms with Gasteiger partial charge in [-0.1, -0.05) is 36.4 Å². The van der Waals surface area contributed by atoms with Gasteiger partial charge in [0.2, 0.25) is 11.9 Å². The monoisotopic (exact) mass is 860 g/mol. The molecule has 0 aliphatic heterocycles. The summed E-state index contributed by atoms with van der Waals surface area (Å²) in [5.74, 6) is -9.23. The maximum Gasteiger partial charge on any atom is 0.337 e. The summed E-state index contributed by atoms with van der Waals surface area (Å²) in [7, 11) is 0. The maximum absolute atomic E-state index is 14.6. The standard InChI is InChI=1S/C43H24N8O13/c1-44-33-30-18-6-2-3-7-19(18)34(52)31-26(12-13-29(32(30)31)51(35(33)53)17-10-11-20(36(54)55)22(14-17)38(58)59)45-27-16-28(24(40(62)63)15-23(27)39(60)61)47-42-48-41(49-43(64)50-42)46-25-9-5-4-8-21(25)37(56)57/h2-16,45H,(H,54,55)(H,56,57)(H,58,59)(H,60,61)(H,62,63)(H3,46,47,48,49,50,64). The Morgan fingerprint density at radius 1 is 0.547 bits per heavy atom. The van der Waals surface area contributed by atoms with Crippen molar-refractivity contribution in [3.05, 3.63) is 152 Å². The molecule has 21 heteroatoms. The van der Waals surface area contributed by atoms with Crippen LogP contribution in [-0.4, -0.2) is 85.8 Å². The van der Waals surface area contributed by atoms with Crippen LogP contribution in [0.25, 0.3) is 32.6 Å². The predicted molar refractivity (Wildman–Crippen MR) is 224 cm³/mol. The SMILES string of the molecule is [C-]#[N+]c1c2c3c(c(Nc4cc(Nc5nc(O)nc(Nc6ccccc6C(=O)O)n5)c(C(=O)O)cc4C(=O)O)ccc3n(-c3ccc(C(=O)O)c(C(=O)O)c3)c1=O)C(=O)c1ccccc1-2. The Kier molecular flexibility index (Phi) is 9.92. The summed E-state index contributed by atoms with van der Waals surface area (Å²) in [6, 6.07) is 18.4. The van der Waals surface area contributed by atoms with Gasteiger partial charge >= 0.3 is 35.9 Å². The third kappa shape index (κ3) is 6.91. The van der Waals surface area contributed by atoms with Gasteiger partial charge in [0.25, 0.3) is 11.2 Å². The number of ketones is 1. The van der Waals surface area contributed by atoms with E-state index in [-0.39, 0.29) is 73.1 Å². The minimum Gasteiger partial charge on any atom is -0.479 e. The number of nitrogens with zero attached hydrogens (tertiary/aromatic N) is 5. The number of benzene rings is 5. The lowest BCUT2D eigenvalue weighted by atomic mass is 9.82. The fourth-order valence-corrected chi connectivity index (χ4v) is 7.30. The minimum absolute atomic E-state index is 0.000951. The molecule has 5 aromatic carbocycles. The van der Waals surface area contributed by atoms with Crippen molar-refractivity contribution in [1.82, 2.24) is 19.5 Å². The van der Waals surface area contributed by atoms with E-state index in [0.29, 0.717) is 0 Å². The Morgan fingerprint density at radius 2 is 1.12 bits per heavy atom. The van der Waals surface area contributed by atoms with Gasteiger partial charge in [0.15, 0.2) is 5.78 Å². The fourth-order valence-electron chi connectivity index (χ4n) is 7.30. The van der Waals surface area contributed by atoms with Crippen LogP contribution in [0.5, 0.6) is 6.01 Å². The van der Waals surface area contributed by atoms with Crippen LogP contribution in [0.3, 0.4) is 0 Å². The van der Waals surface area contributed by atoms with Crippen LogP contribution in [0.15, 0.2) is 95.8 Å². The topological polar surface area (TPSA) is 325 Å². The summed E-state index contributed by atoms with van der Waals surface area (Å²) in [4.78, 5) is 105. The molecule has 0 radical (unpaired) electrons. The number of hydrogen-bond donors (Lipinski definition) is 9. The van der Waals surface area contributed by atoms with Crippen molar-refractivity contribution in [3.8, 4) is 22.8 Å². The molecule has 9 N–H and O–H groups in total. The fraction of sp³-hybridized carbons (Fsp3) is 0. The first-order chi connectivity index (χ1) is 30.6. The average molecular weight is 861 g/mol. The molecule has 7 aromatic rings. The number of aromatic carboxylic acids is 5. The molecule has 0 spiro atoms. The molecule has 0 bridgehead atoms. The van der Waals surface area contributed by atoms with E-state index < -0.39 is 81.1 Å². The third-order valence-electron chi connectivity index (χ3n) is 9.98. The Balaban J connectivity index is 1.32. The highest BCUT2D eigenvalue weighted by molar-refractivity contribution is 6.30. The molecule has 1 aliphatic carbocycles. The van der Waals surface area contributed by atoms with Gasteiger partial charge < -0.3 is 46.6 Å². The predicted octanol–water partition coefficient (Wildman–Crippen LogP) is 6.37. The second kappa shape index (κ2) is 15.6. The number of aromatic nitrogens is 4. The Bertz CT molecular complexity index is 3390. The van der Waals surface area contributed by atoms with Crippen molar-refractivity contribution in [2.45, 2.75) is 0 Å². The Hall–Kier alpha value is -9.97. The van der Waals surface area contributed by atoms with Crippen molar-refractivity contribution >= 4 is 86.9 Å². The lowest BCUT2D eigenvalue weighted by Gasteiger charge is -2.26. The Labute approximate surface area is 355 Å². The second-order valence-electron chi connectivity index (χ2n) is 13.6. The number of para-hydroxylation sites is 1. The van der Waals surface area contributed by atoms with Crippen LogP contribution in [-0.2, 0) is 0 Å². The molecule has 0 unspecified atom stereocenters. The molecule has 0 saturated heterocycles. The van der Waals surface area contributed by atoms with Gasteiger partial charge in [-0.3, -0.25) is 14.2 Å². The first kappa shape index (κ1) is 40.8. The highest BCUT2D eigenvalue weighted by Crippen LogP contribution is 2.47. The number of rotatable bonds is 12. The lowest BCUT2D eigenvalue weighted by molar-refractivity contribution is 0.0651. The molecule has 64 heavy (non-hydrogen) atoms. The number of fused-ring (bicyclic) bond motifs is 2. The summed E-state index contributed by atoms with van der Waals surface area (Å²) < 4.78 is 0.957. The van der Waals surface area contributed by atoms with E-state index in [2.05, 4.69) is 35.7 Å². The van der Waals surface area contributed by atoms with Gasteiger partial charge in [-0.25, -0.2) is 28.8 Å². The zero-order chi connectivity index (χ0) is 45.7. The number of hydrogen-bond acceptors (Lipinski definition) is 14. The largest absolute Gasteiger partial charge is 0.479 e. The van der Waals surface area contributed by atoms with Gasteiger partial charge in [-0.2, -0.15) is 15.0 Å².